The number of rotatable bonds is 4. The Labute approximate surface area is 122 Å². The summed E-state index contributed by atoms with van der Waals surface area (Å²) in [5.74, 6) is 3.89. The van der Waals surface area contributed by atoms with Gasteiger partial charge in [-0.05, 0) is 18.2 Å². The van der Waals surface area contributed by atoms with Crippen molar-refractivity contribution in [2.75, 3.05) is 27.2 Å². The second kappa shape index (κ2) is 8.02. The molecule has 1 aromatic carbocycles. The van der Waals surface area contributed by atoms with Crippen molar-refractivity contribution in [1.82, 2.24) is 10.2 Å². The van der Waals surface area contributed by atoms with Crippen LogP contribution in [0.25, 0.3) is 0 Å². The highest BCUT2D eigenvalue weighted by Crippen LogP contribution is 2.13. The molecule has 0 radical (unpaired) electrons. The molecule has 0 aliphatic heterocycles. The van der Waals surface area contributed by atoms with Gasteiger partial charge in [0, 0.05) is 32.6 Å². The summed E-state index contributed by atoms with van der Waals surface area (Å²) in [6, 6.07) is 3.65. The van der Waals surface area contributed by atoms with Crippen molar-refractivity contribution in [3.8, 4) is 11.8 Å². The fraction of sp³-hybridized carbons (Fsp3) is 0.333. The van der Waals surface area contributed by atoms with E-state index in [-0.39, 0.29) is 42.5 Å². The normalized spacial score (nSPS) is 9.52. The Balaban J connectivity index is 2.93. The first-order valence-electron chi connectivity index (χ1n) is 6.35. The molecule has 0 aliphatic rings. The van der Waals surface area contributed by atoms with Gasteiger partial charge in [-0.1, -0.05) is 11.8 Å². The Morgan fingerprint density at radius 1 is 1.43 bits per heavy atom. The third-order valence-corrected chi connectivity index (χ3v) is 2.81. The molecular weight excluding hydrogens is 275 g/mol. The Hall–Kier alpha value is -2.39. The van der Waals surface area contributed by atoms with E-state index < -0.39 is 5.82 Å². The smallest absolute Gasteiger partial charge is 0.254 e. The molecule has 2 N–H and O–H groups in total. The Bertz CT molecular complexity index is 590. The van der Waals surface area contributed by atoms with Crippen LogP contribution in [-0.4, -0.2) is 49.1 Å². The molecule has 0 spiro atoms. The minimum Gasteiger partial charge on any atom is -0.384 e. The molecule has 0 fully saturated rings. The van der Waals surface area contributed by atoms with Gasteiger partial charge in [-0.2, -0.15) is 0 Å². The van der Waals surface area contributed by atoms with Crippen molar-refractivity contribution in [2.45, 2.75) is 6.42 Å². The summed E-state index contributed by atoms with van der Waals surface area (Å²) in [5.41, 5.74) is 0.442. The average molecular weight is 292 g/mol. The van der Waals surface area contributed by atoms with Gasteiger partial charge in [0.25, 0.3) is 5.91 Å². The largest absolute Gasteiger partial charge is 0.384 e. The van der Waals surface area contributed by atoms with Crippen LogP contribution in [0.1, 0.15) is 22.3 Å². The third kappa shape index (κ3) is 4.89. The molecule has 0 atom stereocenters. The van der Waals surface area contributed by atoms with Gasteiger partial charge in [-0.25, -0.2) is 4.39 Å². The lowest BCUT2D eigenvalue weighted by Crippen LogP contribution is -2.31. The maximum atomic E-state index is 13.2. The zero-order valence-electron chi connectivity index (χ0n) is 11.9. The maximum absolute atomic E-state index is 13.2. The van der Waals surface area contributed by atoms with Crippen molar-refractivity contribution in [1.29, 1.82) is 0 Å². The average Bonchev–Trinajstić information content (AvgIpc) is 2.49. The number of nitrogens with zero attached hydrogens (tertiary/aromatic N) is 1. The fourth-order valence-corrected chi connectivity index (χ4v) is 1.64. The first kappa shape index (κ1) is 16.7. The van der Waals surface area contributed by atoms with Gasteiger partial charge in [0.1, 0.15) is 12.4 Å². The van der Waals surface area contributed by atoms with Crippen LogP contribution in [0, 0.1) is 17.7 Å². The number of carbonyl (C=O) groups excluding carboxylic acids is 2. The lowest BCUT2D eigenvalue weighted by molar-refractivity contribution is -0.120. The number of aliphatic hydroxyl groups is 1. The number of carbonyl (C=O) groups is 2. The van der Waals surface area contributed by atoms with Crippen molar-refractivity contribution >= 4 is 11.8 Å². The third-order valence-electron chi connectivity index (χ3n) is 2.81. The van der Waals surface area contributed by atoms with Crippen molar-refractivity contribution < 1.29 is 19.1 Å². The van der Waals surface area contributed by atoms with Crippen LogP contribution >= 0.6 is 0 Å². The van der Waals surface area contributed by atoms with Gasteiger partial charge in [0.05, 0.1) is 5.56 Å². The number of nitrogens with one attached hydrogen (secondary N) is 1. The predicted octanol–water partition coefficient (Wildman–Crippen LogP) is 0.378. The van der Waals surface area contributed by atoms with Crippen LogP contribution in [0.5, 0.6) is 0 Å². The number of hydrogen-bond acceptors (Lipinski definition) is 3. The lowest BCUT2D eigenvalue weighted by atomic mass is 10.1. The Kier molecular flexibility index (Phi) is 6.37. The SMILES string of the molecule is CNC(=O)CCN(C)C(=O)c1ccc(F)cc1C#CCO. The van der Waals surface area contributed by atoms with Gasteiger partial charge in [-0.3, -0.25) is 9.59 Å². The molecule has 1 aromatic rings. The minimum atomic E-state index is -0.512. The van der Waals surface area contributed by atoms with Gasteiger partial charge in [0.15, 0.2) is 0 Å². The van der Waals surface area contributed by atoms with Crippen LogP contribution in [0.15, 0.2) is 18.2 Å². The Morgan fingerprint density at radius 3 is 2.76 bits per heavy atom. The molecule has 0 saturated carbocycles. The van der Waals surface area contributed by atoms with Crippen LogP contribution in [0.2, 0.25) is 0 Å². The van der Waals surface area contributed by atoms with E-state index in [2.05, 4.69) is 17.2 Å². The highest BCUT2D eigenvalue weighted by Gasteiger charge is 2.16. The standard InChI is InChI=1S/C15H17FN2O3/c1-17-14(20)7-8-18(2)15(21)13-6-5-12(16)10-11(13)4-3-9-19/h5-6,10,19H,7-9H2,1-2H3,(H,17,20). The van der Waals surface area contributed by atoms with Crippen LogP contribution < -0.4 is 5.32 Å². The zero-order chi connectivity index (χ0) is 15.8. The summed E-state index contributed by atoms with van der Waals surface area (Å²) in [4.78, 5) is 24.8. The van der Waals surface area contributed by atoms with Crippen LogP contribution in [0.4, 0.5) is 4.39 Å². The summed E-state index contributed by atoms with van der Waals surface area (Å²) >= 11 is 0. The molecule has 0 bridgehead atoms. The molecule has 5 nitrogen and oxygen atoms in total. The van der Waals surface area contributed by atoms with Crippen molar-refractivity contribution in [3.05, 3.63) is 35.1 Å². The number of amides is 2. The van der Waals surface area contributed by atoms with E-state index >= 15 is 0 Å². The lowest BCUT2D eigenvalue weighted by Gasteiger charge is -2.17. The van der Waals surface area contributed by atoms with E-state index in [0.29, 0.717) is 0 Å². The van der Waals surface area contributed by atoms with E-state index in [9.17, 15) is 14.0 Å². The summed E-state index contributed by atoms with van der Waals surface area (Å²) in [5, 5.41) is 11.2. The van der Waals surface area contributed by atoms with E-state index in [1.165, 1.54) is 24.1 Å². The van der Waals surface area contributed by atoms with Crippen molar-refractivity contribution in [3.63, 3.8) is 0 Å². The predicted molar refractivity (Wildman–Crippen MR) is 76.0 cm³/mol. The van der Waals surface area contributed by atoms with E-state index in [0.717, 1.165) is 6.07 Å². The second-order valence-corrected chi connectivity index (χ2v) is 4.30. The summed E-state index contributed by atoms with van der Waals surface area (Å²) in [6.45, 7) is -0.139. The molecule has 2 amide bonds. The molecule has 6 heteroatoms. The maximum Gasteiger partial charge on any atom is 0.254 e. The van der Waals surface area contributed by atoms with Crippen LogP contribution in [0.3, 0.4) is 0 Å². The van der Waals surface area contributed by atoms with E-state index in [4.69, 9.17) is 5.11 Å². The molecule has 0 aliphatic carbocycles. The molecule has 112 valence electrons. The van der Waals surface area contributed by atoms with Gasteiger partial charge in [-0.15, -0.1) is 0 Å². The molecule has 0 saturated heterocycles. The molecule has 0 unspecified atom stereocenters. The highest BCUT2D eigenvalue weighted by atomic mass is 19.1. The monoisotopic (exact) mass is 292 g/mol. The topological polar surface area (TPSA) is 69.6 Å². The quantitative estimate of drug-likeness (QED) is 0.788. The number of benzene rings is 1. The van der Waals surface area contributed by atoms with Gasteiger partial charge < -0.3 is 15.3 Å². The summed E-state index contributed by atoms with van der Waals surface area (Å²) < 4.78 is 13.2. The molecule has 0 heterocycles. The van der Waals surface area contributed by atoms with Crippen molar-refractivity contribution in [2.24, 2.45) is 0 Å². The molecule has 1 rings (SSSR count). The van der Waals surface area contributed by atoms with E-state index in [1.807, 2.05) is 0 Å². The highest BCUT2D eigenvalue weighted by molar-refractivity contribution is 5.96. The zero-order valence-corrected chi connectivity index (χ0v) is 11.9. The first-order valence-corrected chi connectivity index (χ1v) is 6.35. The molecule has 21 heavy (non-hydrogen) atoms. The fourth-order valence-electron chi connectivity index (χ4n) is 1.64. The minimum absolute atomic E-state index is 0.172. The molecular formula is C15H17FN2O3. The number of halogens is 1. The van der Waals surface area contributed by atoms with Gasteiger partial charge in [0.2, 0.25) is 5.91 Å². The summed E-state index contributed by atoms with van der Waals surface area (Å²) in [6.07, 6.45) is 0.178. The first-order chi connectivity index (χ1) is 9.99. The Morgan fingerprint density at radius 2 is 2.14 bits per heavy atom. The van der Waals surface area contributed by atoms with E-state index in [1.54, 1.807) is 7.05 Å². The number of hydrogen-bond donors (Lipinski definition) is 2. The number of aliphatic hydroxyl groups excluding tert-OH is 1. The second-order valence-electron chi connectivity index (χ2n) is 4.30. The van der Waals surface area contributed by atoms with Gasteiger partial charge >= 0.3 is 0 Å². The molecule has 0 aromatic heterocycles. The summed E-state index contributed by atoms with van der Waals surface area (Å²) in [7, 11) is 3.07. The van der Waals surface area contributed by atoms with Crippen LogP contribution in [-0.2, 0) is 4.79 Å².